The first-order valence-electron chi connectivity index (χ1n) is 1.02. The van der Waals surface area contributed by atoms with Crippen LogP contribution in [0.15, 0.2) is 0 Å². The van der Waals surface area contributed by atoms with E-state index in [1.54, 1.807) is 0 Å². The van der Waals surface area contributed by atoms with Crippen LogP contribution < -0.4 is 0 Å². The minimum atomic E-state index is 0. The van der Waals surface area contributed by atoms with Crippen molar-refractivity contribution in [3.05, 3.63) is 0 Å². The fourth-order valence-corrected chi connectivity index (χ4v) is 0. The molecule has 0 bridgehead atoms. The summed E-state index contributed by atoms with van der Waals surface area (Å²) in [5.74, 6) is 0.944. The molecule has 0 aromatic rings. The molecule has 0 aromatic carbocycles. The van der Waals surface area contributed by atoms with Gasteiger partial charge in [-0.15, -0.1) is 12.4 Å². The van der Waals surface area contributed by atoms with E-state index in [1.165, 1.54) is 0 Å². The van der Waals surface area contributed by atoms with Gasteiger partial charge >= 0.3 is 0 Å². The number of thiol groups is 1. The third kappa shape index (κ3) is 35.1. The molecule has 0 aliphatic carbocycles. The molecule has 0 atom stereocenters. The molecule has 0 aliphatic rings. The summed E-state index contributed by atoms with van der Waals surface area (Å²) in [6.45, 7) is 1.99. The topological polar surface area (TPSA) is 0 Å². The number of halogens is 1. The fourth-order valence-electron chi connectivity index (χ4n) is 0. The maximum Gasteiger partial charge on any atom is 0 e. The molecule has 0 heterocycles. The predicted molar refractivity (Wildman–Crippen MR) is 26.8 cm³/mol. The summed E-state index contributed by atoms with van der Waals surface area (Å²) in [6.07, 6.45) is 0. The molecule has 0 amide bonds. The van der Waals surface area contributed by atoms with Crippen molar-refractivity contribution in [2.24, 2.45) is 0 Å². The van der Waals surface area contributed by atoms with Gasteiger partial charge in [0.1, 0.15) is 0 Å². The first-order chi connectivity index (χ1) is 1.41. The van der Waals surface area contributed by atoms with E-state index >= 15 is 0 Å². The zero-order chi connectivity index (χ0) is 2.71. The molecule has 0 N–H and O–H groups in total. The van der Waals surface area contributed by atoms with Crippen LogP contribution in [0.5, 0.6) is 0 Å². The Hall–Kier alpha value is 1.26. The van der Waals surface area contributed by atoms with Crippen molar-refractivity contribution in [3.63, 3.8) is 0 Å². The van der Waals surface area contributed by atoms with Crippen molar-refractivity contribution < 1.29 is 19.5 Å². The second-order valence-corrected chi connectivity index (χ2v) is 0.949. The van der Waals surface area contributed by atoms with Crippen LogP contribution >= 0.6 is 25.0 Å². The van der Waals surface area contributed by atoms with Crippen molar-refractivity contribution in [2.75, 3.05) is 5.75 Å². The van der Waals surface area contributed by atoms with Crippen LogP contribution in [0.1, 0.15) is 6.92 Å². The van der Waals surface area contributed by atoms with Crippen LogP contribution in [0.25, 0.3) is 0 Å². The Labute approximate surface area is 57.3 Å². The first-order valence-corrected chi connectivity index (χ1v) is 1.66. The average molecular weight is 164 g/mol. The molecular weight excluding hydrogens is 157 g/mol. The van der Waals surface area contributed by atoms with E-state index in [2.05, 4.69) is 12.6 Å². The average Bonchev–Trinajstić information content (AvgIpc) is 0.918. The standard InChI is InChI=1S/C2H6S.ClH.Zn/c1-2-3;;/h3H,2H2,1H3;1H;. The number of rotatable bonds is 0. The zero-order valence-corrected chi connectivity index (χ0v) is 7.95. The predicted octanol–water partition coefficient (Wildman–Crippen LogP) is 1.36. The summed E-state index contributed by atoms with van der Waals surface area (Å²) in [4.78, 5) is 0. The zero-order valence-electron chi connectivity index (χ0n) is 3.27. The van der Waals surface area contributed by atoms with Gasteiger partial charge in [-0.1, -0.05) is 6.92 Å². The second-order valence-electron chi connectivity index (χ2n) is 0.316. The molecule has 0 aliphatic heterocycles. The molecule has 0 unspecified atom stereocenters. The van der Waals surface area contributed by atoms with E-state index in [1.807, 2.05) is 6.92 Å². The summed E-state index contributed by atoms with van der Waals surface area (Å²) in [5.41, 5.74) is 0. The minimum Gasteiger partial charge on any atom is -0.180 e. The SMILES string of the molecule is CCS.Cl.[Zn]. The summed E-state index contributed by atoms with van der Waals surface area (Å²) in [5, 5.41) is 0. The number of hydrogen-bond acceptors (Lipinski definition) is 1. The smallest absolute Gasteiger partial charge is 0 e. The van der Waals surface area contributed by atoms with E-state index in [-0.39, 0.29) is 31.9 Å². The first kappa shape index (κ1) is 16.3. The van der Waals surface area contributed by atoms with Gasteiger partial charge < -0.3 is 0 Å². The molecule has 0 rings (SSSR count). The molecule has 30 valence electrons. The Kier molecular flexibility index (Phi) is 60.9. The Morgan fingerprint density at radius 3 is 1.60 bits per heavy atom. The van der Waals surface area contributed by atoms with Crippen LogP contribution in [-0.4, -0.2) is 5.75 Å². The molecular formula is C2H7ClSZn. The Bertz CT molecular complexity index is 9.61. The molecule has 5 heavy (non-hydrogen) atoms. The van der Waals surface area contributed by atoms with Crippen LogP contribution in [0.4, 0.5) is 0 Å². The maximum absolute atomic E-state index is 3.79. The third-order valence-electron chi connectivity index (χ3n) is 0. The van der Waals surface area contributed by atoms with Gasteiger partial charge in [-0.05, 0) is 5.75 Å². The Balaban J connectivity index is -0.0000000200. The van der Waals surface area contributed by atoms with Gasteiger partial charge in [0.2, 0.25) is 0 Å². The second kappa shape index (κ2) is 18.7. The molecule has 0 saturated carbocycles. The van der Waals surface area contributed by atoms with E-state index < -0.39 is 0 Å². The van der Waals surface area contributed by atoms with Gasteiger partial charge in [0.15, 0.2) is 0 Å². The molecule has 0 radical (unpaired) electrons. The molecule has 0 saturated heterocycles. The monoisotopic (exact) mass is 162 g/mol. The van der Waals surface area contributed by atoms with E-state index in [9.17, 15) is 0 Å². The van der Waals surface area contributed by atoms with Crippen LogP contribution in [0, 0.1) is 0 Å². The minimum absolute atomic E-state index is 0. The van der Waals surface area contributed by atoms with Crippen LogP contribution in [-0.2, 0) is 19.5 Å². The molecule has 0 nitrogen and oxygen atoms in total. The van der Waals surface area contributed by atoms with Gasteiger partial charge in [0, 0.05) is 19.5 Å². The van der Waals surface area contributed by atoms with Crippen molar-refractivity contribution in [1.29, 1.82) is 0 Å². The molecule has 0 aromatic heterocycles. The molecule has 0 fully saturated rings. The van der Waals surface area contributed by atoms with E-state index in [0.29, 0.717) is 0 Å². The van der Waals surface area contributed by atoms with Crippen LogP contribution in [0.3, 0.4) is 0 Å². The van der Waals surface area contributed by atoms with Gasteiger partial charge in [0.25, 0.3) is 0 Å². The maximum atomic E-state index is 3.79. The Morgan fingerprint density at radius 1 is 1.60 bits per heavy atom. The van der Waals surface area contributed by atoms with Gasteiger partial charge in [-0.25, -0.2) is 0 Å². The summed E-state index contributed by atoms with van der Waals surface area (Å²) in [6, 6.07) is 0. The van der Waals surface area contributed by atoms with Crippen molar-refractivity contribution in [1.82, 2.24) is 0 Å². The fraction of sp³-hybridized carbons (Fsp3) is 1.00. The normalized spacial score (nSPS) is 3.60. The summed E-state index contributed by atoms with van der Waals surface area (Å²) in [7, 11) is 0. The van der Waals surface area contributed by atoms with E-state index in [0.717, 1.165) is 5.75 Å². The van der Waals surface area contributed by atoms with Gasteiger partial charge in [0.05, 0.1) is 0 Å². The molecule has 0 spiro atoms. The molecule has 3 heteroatoms. The Morgan fingerprint density at radius 2 is 1.60 bits per heavy atom. The summed E-state index contributed by atoms with van der Waals surface area (Å²) < 4.78 is 0. The van der Waals surface area contributed by atoms with Crippen LogP contribution in [0.2, 0.25) is 0 Å². The van der Waals surface area contributed by atoms with Gasteiger partial charge in [-0.2, -0.15) is 12.6 Å². The van der Waals surface area contributed by atoms with Crippen molar-refractivity contribution >= 4 is 25.0 Å². The van der Waals surface area contributed by atoms with E-state index in [4.69, 9.17) is 0 Å². The van der Waals surface area contributed by atoms with Crippen molar-refractivity contribution in [3.8, 4) is 0 Å². The number of hydrogen-bond donors (Lipinski definition) is 1. The third-order valence-corrected chi connectivity index (χ3v) is 0. The van der Waals surface area contributed by atoms with Gasteiger partial charge in [-0.3, -0.25) is 0 Å². The van der Waals surface area contributed by atoms with Crippen molar-refractivity contribution in [2.45, 2.75) is 6.92 Å². The quantitative estimate of drug-likeness (QED) is 0.405. The summed E-state index contributed by atoms with van der Waals surface area (Å²) >= 11 is 3.79. The largest absolute Gasteiger partial charge is 0.180 e.